The number of carbonyl (C=O) groups is 2. The fourth-order valence-corrected chi connectivity index (χ4v) is 3.40. The molecule has 2 aromatic rings. The Balaban J connectivity index is 2.26. The molecule has 0 saturated carbocycles. The minimum absolute atomic E-state index is 0.0348. The van der Waals surface area contributed by atoms with Gasteiger partial charge in [0, 0.05) is 13.1 Å². The lowest BCUT2D eigenvalue weighted by Crippen LogP contribution is -2.48. The van der Waals surface area contributed by atoms with Gasteiger partial charge in [0.15, 0.2) is 0 Å². The van der Waals surface area contributed by atoms with Crippen LogP contribution in [0.25, 0.3) is 0 Å². The van der Waals surface area contributed by atoms with Crippen molar-refractivity contribution in [2.75, 3.05) is 6.54 Å². The van der Waals surface area contributed by atoms with E-state index in [2.05, 4.69) is 11.4 Å². The van der Waals surface area contributed by atoms with E-state index in [1.807, 2.05) is 71.0 Å². The van der Waals surface area contributed by atoms with Crippen molar-refractivity contribution in [2.45, 2.75) is 60.0 Å². The van der Waals surface area contributed by atoms with Gasteiger partial charge in [-0.05, 0) is 50.8 Å². The Morgan fingerprint density at radius 3 is 2.29 bits per heavy atom. The molecule has 0 saturated heterocycles. The highest BCUT2D eigenvalue weighted by atomic mass is 16.2. The van der Waals surface area contributed by atoms with Crippen molar-refractivity contribution in [2.24, 2.45) is 0 Å². The van der Waals surface area contributed by atoms with E-state index in [1.165, 1.54) is 0 Å². The van der Waals surface area contributed by atoms with E-state index in [9.17, 15) is 9.59 Å². The van der Waals surface area contributed by atoms with Crippen LogP contribution in [0, 0.1) is 20.8 Å². The summed E-state index contributed by atoms with van der Waals surface area (Å²) in [6.45, 7) is 11.0. The number of hydrogen-bond acceptors (Lipinski definition) is 2. The Hall–Kier alpha value is -2.62. The predicted molar refractivity (Wildman–Crippen MR) is 114 cm³/mol. The SMILES string of the molecule is CCCNC(=O)[C@@H](C)N(Cc1ccccc1C)C(=O)Cc1cc(C)cc(C)c1. The lowest BCUT2D eigenvalue weighted by atomic mass is 10.0. The first-order valence-corrected chi connectivity index (χ1v) is 10.0. The molecule has 4 heteroatoms. The van der Waals surface area contributed by atoms with Crippen molar-refractivity contribution in [3.8, 4) is 0 Å². The molecule has 1 N–H and O–H groups in total. The number of aryl methyl sites for hydroxylation is 3. The number of benzene rings is 2. The molecule has 2 rings (SSSR count). The Morgan fingerprint density at radius 2 is 1.68 bits per heavy atom. The van der Waals surface area contributed by atoms with Crippen LogP contribution in [0.1, 0.15) is 48.1 Å². The summed E-state index contributed by atoms with van der Waals surface area (Å²) in [5.41, 5.74) is 5.45. The third kappa shape index (κ3) is 5.95. The molecule has 0 aliphatic carbocycles. The van der Waals surface area contributed by atoms with E-state index in [-0.39, 0.29) is 11.8 Å². The predicted octanol–water partition coefficient (Wildman–Crippen LogP) is 4.10. The summed E-state index contributed by atoms with van der Waals surface area (Å²) >= 11 is 0. The topological polar surface area (TPSA) is 49.4 Å². The first-order valence-electron chi connectivity index (χ1n) is 10.0. The molecule has 0 aliphatic rings. The maximum atomic E-state index is 13.2. The van der Waals surface area contributed by atoms with Crippen LogP contribution in [-0.4, -0.2) is 29.3 Å². The van der Waals surface area contributed by atoms with Gasteiger partial charge >= 0.3 is 0 Å². The monoisotopic (exact) mass is 380 g/mol. The van der Waals surface area contributed by atoms with Gasteiger partial charge < -0.3 is 10.2 Å². The van der Waals surface area contributed by atoms with E-state index in [0.29, 0.717) is 19.5 Å². The Bertz CT molecular complexity index is 809. The summed E-state index contributed by atoms with van der Waals surface area (Å²) in [5.74, 6) is -0.142. The number of rotatable bonds is 8. The average molecular weight is 381 g/mol. The molecule has 0 aromatic heterocycles. The van der Waals surface area contributed by atoms with Gasteiger partial charge in [0.25, 0.3) is 0 Å². The van der Waals surface area contributed by atoms with Gasteiger partial charge in [-0.25, -0.2) is 0 Å². The zero-order valence-corrected chi connectivity index (χ0v) is 17.7. The molecule has 0 fully saturated rings. The van der Waals surface area contributed by atoms with Crippen molar-refractivity contribution >= 4 is 11.8 Å². The van der Waals surface area contributed by atoms with Crippen molar-refractivity contribution in [1.82, 2.24) is 10.2 Å². The highest BCUT2D eigenvalue weighted by Crippen LogP contribution is 2.16. The second kappa shape index (κ2) is 10.1. The summed E-state index contributed by atoms with van der Waals surface area (Å²) in [4.78, 5) is 27.5. The summed E-state index contributed by atoms with van der Waals surface area (Å²) in [5, 5.41) is 2.92. The van der Waals surface area contributed by atoms with Crippen LogP contribution < -0.4 is 5.32 Å². The molecule has 2 aromatic carbocycles. The molecule has 0 radical (unpaired) electrons. The van der Waals surface area contributed by atoms with Crippen LogP contribution in [-0.2, 0) is 22.6 Å². The molecule has 150 valence electrons. The largest absolute Gasteiger partial charge is 0.354 e. The second-order valence-corrected chi connectivity index (χ2v) is 7.59. The number of hydrogen-bond donors (Lipinski definition) is 1. The summed E-state index contributed by atoms with van der Waals surface area (Å²) < 4.78 is 0. The zero-order valence-electron chi connectivity index (χ0n) is 17.7. The molecule has 4 nitrogen and oxygen atoms in total. The fourth-order valence-electron chi connectivity index (χ4n) is 3.40. The third-order valence-electron chi connectivity index (χ3n) is 4.96. The Kier molecular flexibility index (Phi) is 7.80. The Labute approximate surface area is 169 Å². The van der Waals surface area contributed by atoms with Crippen molar-refractivity contribution in [1.29, 1.82) is 0 Å². The van der Waals surface area contributed by atoms with Crippen LogP contribution in [0.15, 0.2) is 42.5 Å². The highest BCUT2D eigenvalue weighted by molar-refractivity contribution is 5.88. The van der Waals surface area contributed by atoms with E-state index in [1.54, 1.807) is 4.90 Å². The van der Waals surface area contributed by atoms with Crippen LogP contribution in [0.4, 0.5) is 0 Å². The van der Waals surface area contributed by atoms with E-state index < -0.39 is 6.04 Å². The third-order valence-corrected chi connectivity index (χ3v) is 4.96. The number of nitrogens with one attached hydrogen (secondary N) is 1. The smallest absolute Gasteiger partial charge is 0.242 e. The Morgan fingerprint density at radius 1 is 1.04 bits per heavy atom. The molecule has 28 heavy (non-hydrogen) atoms. The van der Waals surface area contributed by atoms with Crippen LogP contribution in [0.5, 0.6) is 0 Å². The van der Waals surface area contributed by atoms with Gasteiger partial charge in [-0.3, -0.25) is 9.59 Å². The minimum atomic E-state index is -0.524. The normalized spacial score (nSPS) is 11.8. The molecular formula is C24H32N2O2. The van der Waals surface area contributed by atoms with Gasteiger partial charge in [-0.15, -0.1) is 0 Å². The summed E-state index contributed by atoms with van der Waals surface area (Å²) in [6, 6.07) is 13.7. The highest BCUT2D eigenvalue weighted by Gasteiger charge is 2.26. The molecule has 1 atom stereocenters. The standard InChI is InChI=1S/C24H32N2O2/c1-6-11-25-24(28)20(5)26(16-22-10-8-7-9-19(22)4)23(27)15-21-13-17(2)12-18(3)14-21/h7-10,12-14,20H,6,11,15-16H2,1-5H3,(H,25,28)/t20-/m1/s1. The minimum Gasteiger partial charge on any atom is -0.354 e. The molecule has 0 bridgehead atoms. The molecule has 2 amide bonds. The van der Waals surface area contributed by atoms with Crippen LogP contribution in [0.3, 0.4) is 0 Å². The molecular weight excluding hydrogens is 348 g/mol. The second-order valence-electron chi connectivity index (χ2n) is 7.59. The maximum absolute atomic E-state index is 13.2. The molecule has 0 heterocycles. The summed E-state index contributed by atoms with van der Waals surface area (Å²) in [7, 11) is 0. The van der Waals surface area contributed by atoms with Crippen LogP contribution >= 0.6 is 0 Å². The van der Waals surface area contributed by atoms with Gasteiger partial charge in [0.2, 0.25) is 11.8 Å². The van der Waals surface area contributed by atoms with Crippen LogP contribution in [0.2, 0.25) is 0 Å². The van der Waals surface area contributed by atoms with Crippen molar-refractivity contribution in [3.05, 3.63) is 70.3 Å². The fraction of sp³-hybridized carbons (Fsp3) is 0.417. The van der Waals surface area contributed by atoms with Gasteiger partial charge in [-0.2, -0.15) is 0 Å². The molecule has 0 aliphatic heterocycles. The lowest BCUT2D eigenvalue weighted by molar-refractivity contribution is -0.140. The average Bonchev–Trinajstić information content (AvgIpc) is 2.64. The van der Waals surface area contributed by atoms with Gasteiger partial charge in [0.05, 0.1) is 6.42 Å². The lowest BCUT2D eigenvalue weighted by Gasteiger charge is -2.29. The maximum Gasteiger partial charge on any atom is 0.242 e. The number of amides is 2. The first kappa shape index (κ1) is 21.7. The number of nitrogens with zero attached hydrogens (tertiary/aromatic N) is 1. The zero-order chi connectivity index (χ0) is 20.7. The summed E-state index contributed by atoms with van der Waals surface area (Å²) in [6.07, 6.45) is 1.16. The first-order chi connectivity index (χ1) is 13.3. The van der Waals surface area contributed by atoms with E-state index in [4.69, 9.17) is 0 Å². The quantitative estimate of drug-likeness (QED) is 0.750. The van der Waals surface area contributed by atoms with Gasteiger partial charge in [0.1, 0.15) is 6.04 Å². The van der Waals surface area contributed by atoms with Gasteiger partial charge in [-0.1, -0.05) is 60.5 Å². The molecule has 0 spiro atoms. The van der Waals surface area contributed by atoms with E-state index >= 15 is 0 Å². The van der Waals surface area contributed by atoms with E-state index in [0.717, 1.165) is 34.2 Å². The van der Waals surface area contributed by atoms with Crippen molar-refractivity contribution < 1.29 is 9.59 Å². The molecule has 0 unspecified atom stereocenters. The van der Waals surface area contributed by atoms with Crippen molar-refractivity contribution in [3.63, 3.8) is 0 Å². The number of carbonyl (C=O) groups excluding carboxylic acids is 2.